The van der Waals surface area contributed by atoms with E-state index in [9.17, 15) is 44.7 Å². The molecule has 41 heavy (non-hydrogen) atoms. The van der Waals surface area contributed by atoms with Gasteiger partial charge in [-0.25, -0.2) is 23.1 Å². The maximum Gasteiger partial charge on any atom is 0.417 e. The summed E-state index contributed by atoms with van der Waals surface area (Å²) in [7, 11) is 0. The minimum absolute atomic E-state index is 0.0362. The Morgan fingerprint density at radius 1 is 1.10 bits per heavy atom. The number of amides is 1. The zero-order valence-electron chi connectivity index (χ0n) is 20.7. The quantitative estimate of drug-likeness (QED) is 0.380. The Kier molecular flexibility index (Phi) is 8.05. The molecule has 2 aromatic heterocycles. The number of aromatic amines is 1. The number of hydrogen-bond acceptors (Lipinski definition) is 5. The number of benzene rings is 1. The van der Waals surface area contributed by atoms with Crippen LogP contribution in [0.2, 0.25) is 0 Å². The molecule has 1 amide bonds. The van der Waals surface area contributed by atoms with E-state index in [1.54, 1.807) is 0 Å². The van der Waals surface area contributed by atoms with Crippen molar-refractivity contribution in [1.82, 2.24) is 15.0 Å². The van der Waals surface area contributed by atoms with E-state index >= 15 is 4.39 Å². The Balaban J connectivity index is 1.79. The molecule has 1 fully saturated rings. The fourth-order valence-corrected chi connectivity index (χ4v) is 4.73. The van der Waals surface area contributed by atoms with Crippen LogP contribution in [0.1, 0.15) is 41.7 Å². The van der Waals surface area contributed by atoms with Gasteiger partial charge in [0, 0.05) is 30.8 Å². The third-order valence-electron chi connectivity index (χ3n) is 6.69. The van der Waals surface area contributed by atoms with Crippen LogP contribution in [0.3, 0.4) is 0 Å². The number of primary amides is 1. The number of nitrogens with one attached hydrogen (secondary N) is 1. The molecule has 2 unspecified atom stereocenters. The molecule has 16 heteroatoms. The number of halogens is 9. The summed E-state index contributed by atoms with van der Waals surface area (Å²) in [6.07, 6.45) is -12.8. The van der Waals surface area contributed by atoms with Gasteiger partial charge in [0.05, 0.1) is 16.7 Å². The van der Waals surface area contributed by atoms with Gasteiger partial charge >= 0.3 is 12.4 Å². The number of pyridine rings is 1. The number of carbonyl (C=O) groups is 1. The molecule has 220 valence electrons. The van der Waals surface area contributed by atoms with Crippen molar-refractivity contribution in [2.45, 2.75) is 44.1 Å². The monoisotopic (exact) mass is 593 g/mol. The van der Waals surface area contributed by atoms with E-state index in [0.717, 1.165) is 18.2 Å². The van der Waals surface area contributed by atoms with Crippen LogP contribution in [0, 0.1) is 11.7 Å². The lowest BCUT2D eigenvalue weighted by molar-refractivity contribution is -0.138. The van der Waals surface area contributed by atoms with Gasteiger partial charge in [-0.05, 0) is 43.0 Å². The zero-order chi connectivity index (χ0) is 30.3. The molecular formula is C25H20F9N5O2. The molecular weight excluding hydrogens is 573 g/mol. The third kappa shape index (κ3) is 6.46. The van der Waals surface area contributed by atoms with Crippen molar-refractivity contribution in [3.05, 3.63) is 75.1 Å². The molecule has 3 heterocycles. The van der Waals surface area contributed by atoms with Crippen LogP contribution in [-0.2, 0) is 23.6 Å². The SMILES string of the molecule is NC(=O)C1CCN(c2ccc(C(F)(F)F)cn2)C(Cc2ccc(C(F)(F)F)c(-c3nc(C(F)F)cc(=O)[nH]3)c2F)C1. The van der Waals surface area contributed by atoms with Gasteiger partial charge in [-0.15, -0.1) is 0 Å². The van der Waals surface area contributed by atoms with Crippen molar-refractivity contribution in [2.75, 3.05) is 11.4 Å². The molecule has 3 N–H and O–H groups in total. The fraction of sp³-hybridized carbons (Fsp3) is 0.360. The number of nitrogens with zero attached hydrogens (tertiary/aromatic N) is 3. The van der Waals surface area contributed by atoms with E-state index in [0.29, 0.717) is 18.3 Å². The molecule has 0 bridgehead atoms. The maximum atomic E-state index is 15.8. The highest BCUT2D eigenvalue weighted by molar-refractivity contribution is 5.77. The minimum Gasteiger partial charge on any atom is -0.369 e. The smallest absolute Gasteiger partial charge is 0.369 e. The standard InChI is InChI=1S/C25H20F9N5O2/c26-20-11(1-3-15(25(32,33)34)19(20)23-37-16(21(27)28)9-18(40)38-23)7-14-8-12(22(35)41)5-6-39(14)17-4-2-13(10-36-17)24(29,30)31/h1-4,9-10,12,14,21H,5-8H2,(H2,35,41)(H,37,38,40). The first-order chi connectivity index (χ1) is 19.1. The highest BCUT2D eigenvalue weighted by Gasteiger charge is 2.39. The molecule has 1 aromatic carbocycles. The average molecular weight is 593 g/mol. The predicted molar refractivity (Wildman–Crippen MR) is 126 cm³/mol. The number of hydrogen-bond donors (Lipinski definition) is 2. The summed E-state index contributed by atoms with van der Waals surface area (Å²) in [6.45, 7) is 0.0526. The van der Waals surface area contributed by atoms with Gasteiger partial charge in [0.1, 0.15) is 23.2 Å². The topological polar surface area (TPSA) is 105 Å². The predicted octanol–water partition coefficient (Wildman–Crippen LogP) is 5.26. The van der Waals surface area contributed by atoms with Gasteiger partial charge in [-0.2, -0.15) is 26.3 Å². The normalized spacial score (nSPS) is 18.1. The minimum atomic E-state index is -5.17. The van der Waals surface area contributed by atoms with Gasteiger partial charge in [-0.3, -0.25) is 9.59 Å². The Hall–Kier alpha value is -4.11. The summed E-state index contributed by atoms with van der Waals surface area (Å²) in [4.78, 5) is 34.3. The summed E-state index contributed by atoms with van der Waals surface area (Å²) < 4.78 is 123. The van der Waals surface area contributed by atoms with Gasteiger partial charge in [-0.1, -0.05) is 6.07 Å². The Morgan fingerprint density at radius 2 is 1.80 bits per heavy atom. The molecule has 1 aliphatic rings. The summed E-state index contributed by atoms with van der Waals surface area (Å²) in [5.41, 5.74) is -1.24. The molecule has 2 atom stereocenters. The number of nitrogens with two attached hydrogens (primary N) is 1. The van der Waals surface area contributed by atoms with E-state index in [1.165, 1.54) is 4.90 Å². The van der Waals surface area contributed by atoms with Crippen LogP contribution >= 0.6 is 0 Å². The number of rotatable bonds is 6. The summed E-state index contributed by atoms with van der Waals surface area (Å²) in [6, 6.07) is 2.64. The highest BCUT2D eigenvalue weighted by atomic mass is 19.4. The molecule has 0 radical (unpaired) electrons. The summed E-state index contributed by atoms with van der Waals surface area (Å²) >= 11 is 0. The lowest BCUT2D eigenvalue weighted by Crippen LogP contribution is -2.47. The molecule has 0 aliphatic carbocycles. The molecule has 0 saturated carbocycles. The number of anilines is 1. The first kappa shape index (κ1) is 29.9. The maximum absolute atomic E-state index is 15.8. The third-order valence-corrected chi connectivity index (χ3v) is 6.69. The van der Waals surface area contributed by atoms with E-state index in [1.807, 2.05) is 4.98 Å². The van der Waals surface area contributed by atoms with E-state index in [-0.39, 0.29) is 37.2 Å². The van der Waals surface area contributed by atoms with Crippen LogP contribution < -0.4 is 16.2 Å². The average Bonchev–Trinajstić information content (AvgIpc) is 2.88. The Labute approximate surface area is 225 Å². The molecule has 1 saturated heterocycles. The largest absolute Gasteiger partial charge is 0.417 e. The highest BCUT2D eigenvalue weighted by Crippen LogP contribution is 2.40. The van der Waals surface area contributed by atoms with Gasteiger partial charge in [0.15, 0.2) is 0 Å². The Bertz CT molecular complexity index is 1490. The van der Waals surface area contributed by atoms with Gasteiger partial charge in [0.25, 0.3) is 12.0 Å². The van der Waals surface area contributed by atoms with Crippen molar-refractivity contribution in [1.29, 1.82) is 0 Å². The number of H-pyrrole nitrogens is 1. The van der Waals surface area contributed by atoms with Crippen molar-refractivity contribution in [3.8, 4) is 11.4 Å². The van der Waals surface area contributed by atoms with E-state index in [4.69, 9.17) is 5.73 Å². The second kappa shape index (κ2) is 11.0. The second-order valence-corrected chi connectivity index (χ2v) is 9.36. The lowest BCUT2D eigenvalue weighted by atomic mass is 9.86. The number of alkyl halides is 8. The van der Waals surface area contributed by atoms with Crippen molar-refractivity contribution < 1.29 is 44.3 Å². The second-order valence-electron chi connectivity index (χ2n) is 9.36. The van der Waals surface area contributed by atoms with Crippen LogP contribution in [0.15, 0.2) is 41.3 Å². The molecule has 0 spiro atoms. The van der Waals surface area contributed by atoms with E-state index < -0.39 is 76.2 Å². The van der Waals surface area contributed by atoms with Crippen LogP contribution in [0.5, 0.6) is 0 Å². The van der Waals surface area contributed by atoms with Crippen LogP contribution in [-0.4, -0.2) is 33.4 Å². The number of aromatic nitrogens is 3. The number of piperidine rings is 1. The summed E-state index contributed by atoms with van der Waals surface area (Å²) in [5.74, 6) is -3.98. The summed E-state index contributed by atoms with van der Waals surface area (Å²) in [5, 5.41) is 0. The van der Waals surface area contributed by atoms with Gasteiger partial charge < -0.3 is 15.6 Å². The molecule has 1 aliphatic heterocycles. The number of carbonyl (C=O) groups excluding carboxylic acids is 1. The zero-order valence-corrected chi connectivity index (χ0v) is 20.7. The molecule has 3 aromatic rings. The van der Waals surface area contributed by atoms with Crippen LogP contribution in [0.25, 0.3) is 11.4 Å². The van der Waals surface area contributed by atoms with Crippen molar-refractivity contribution in [2.24, 2.45) is 11.7 Å². The first-order valence-electron chi connectivity index (χ1n) is 11.9. The molecule has 7 nitrogen and oxygen atoms in total. The first-order valence-corrected chi connectivity index (χ1v) is 11.9. The van der Waals surface area contributed by atoms with Crippen molar-refractivity contribution in [3.63, 3.8) is 0 Å². The molecule has 4 rings (SSSR count). The Morgan fingerprint density at radius 3 is 2.37 bits per heavy atom. The van der Waals surface area contributed by atoms with E-state index in [2.05, 4.69) is 9.97 Å². The van der Waals surface area contributed by atoms with Crippen molar-refractivity contribution >= 4 is 11.7 Å². The van der Waals surface area contributed by atoms with Gasteiger partial charge in [0.2, 0.25) is 5.91 Å². The van der Waals surface area contributed by atoms with Crippen LogP contribution in [0.4, 0.5) is 45.3 Å². The fourth-order valence-electron chi connectivity index (χ4n) is 4.73. The lowest BCUT2D eigenvalue weighted by Gasteiger charge is -2.39.